The van der Waals surface area contributed by atoms with E-state index in [1.54, 1.807) is 13.0 Å². The number of nitrogens with zero attached hydrogens (tertiary/aromatic N) is 1. The van der Waals surface area contributed by atoms with Gasteiger partial charge in [-0.2, -0.15) is 0 Å². The molecule has 0 fully saturated rings. The number of benzene rings is 2. The van der Waals surface area contributed by atoms with Crippen molar-refractivity contribution >= 4 is 32.6 Å². The van der Waals surface area contributed by atoms with Crippen molar-refractivity contribution in [2.75, 3.05) is 0 Å². The number of hydrogen-bond donors (Lipinski definition) is 0. The Kier molecular flexibility index (Phi) is 3.55. The van der Waals surface area contributed by atoms with E-state index in [0.717, 1.165) is 16.5 Å². The number of ketones is 1. The standard InChI is InChI=1S/C17H11BrFNO/c1-10-6-7-12(19)9-13(10)17(21)16-14(18)8-11-4-2-3-5-15(11)20-16/h2-9H,1H3. The average Bonchev–Trinajstić information content (AvgIpc) is 2.48. The SMILES string of the molecule is Cc1ccc(F)cc1C(=O)c1nc2ccccc2cc1Br. The molecule has 0 saturated carbocycles. The van der Waals surface area contributed by atoms with Crippen LogP contribution >= 0.6 is 15.9 Å². The van der Waals surface area contributed by atoms with Crippen LogP contribution in [0, 0.1) is 12.7 Å². The molecule has 104 valence electrons. The molecule has 3 rings (SSSR count). The van der Waals surface area contributed by atoms with Crippen LogP contribution in [0.1, 0.15) is 21.6 Å². The second-order valence-corrected chi connectivity index (χ2v) is 5.65. The van der Waals surface area contributed by atoms with E-state index in [1.165, 1.54) is 12.1 Å². The van der Waals surface area contributed by atoms with Gasteiger partial charge in [0.05, 0.1) is 5.52 Å². The lowest BCUT2D eigenvalue weighted by atomic mass is 10.0. The van der Waals surface area contributed by atoms with Crippen molar-refractivity contribution in [2.24, 2.45) is 0 Å². The van der Waals surface area contributed by atoms with Crippen LogP contribution in [0.2, 0.25) is 0 Å². The number of halogens is 2. The summed E-state index contributed by atoms with van der Waals surface area (Å²) >= 11 is 3.38. The number of pyridine rings is 1. The first-order valence-electron chi connectivity index (χ1n) is 6.42. The van der Waals surface area contributed by atoms with E-state index < -0.39 is 5.82 Å². The molecular formula is C17H11BrFNO. The summed E-state index contributed by atoms with van der Waals surface area (Å²) in [6.45, 7) is 1.78. The van der Waals surface area contributed by atoms with Gasteiger partial charge >= 0.3 is 0 Å². The lowest BCUT2D eigenvalue weighted by Crippen LogP contribution is -2.08. The van der Waals surface area contributed by atoms with E-state index in [1.807, 2.05) is 30.3 Å². The predicted molar refractivity (Wildman–Crippen MR) is 84.0 cm³/mol. The fourth-order valence-electron chi connectivity index (χ4n) is 2.22. The van der Waals surface area contributed by atoms with Crippen molar-refractivity contribution < 1.29 is 9.18 Å². The first-order chi connectivity index (χ1) is 10.1. The fourth-order valence-corrected chi connectivity index (χ4v) is 2.73. The molecule has 0 amide bonds. The molecule has 0 saturated heterocycles. The predicted octanol–water partition coefficient (Wildman–Crippen LogP) is 4.68. The topological polar surface area (TPSA) is 30.0 Å². The van der Waals surface area contributed by atoms with Crippen LogP contribution < -0.4 is 0 Å². The van der Waals surface area contributed by atoms with Gasteiger partial charge in [0.1, 0.15) is 11.5 Å². The molecule has 0 N–H and O–H groups in total. The van der Waals surface area contributed by atoms with Gasteiger partial charge in [-0.1, -0.05) is 24.3 Å². The molecule has 4 heteroatoms. The first kappa shape index (κ1) is 13.9. The van der Waals surface area contributed by atoms with Crippen LogP contribution in [0.4, 0.5) is 4.39 Å². The average molecular weight is 344 g/mol. The highest BCUT2D eigenvalue weighted by Crippen LogP contribution is 2.24. The number of hydrogen-bond acceptors (Lipinski definition) is 2. The Bertz CT molecular complexity index is 861. The van der Waals surface area contributed by atoms with E-state index in [2.05, 4.69) is 20.9 Å². The van der Waals surface area contributed by atoms with Gasteiger partial charge in [0, 0.05) is 15.4 Å². The van der Waals surface area contributed by atoms with Gasteiger partial charge < -0.3 is 0 Å². The number of carbonyl (C=O) groups is 1. The number of rotatable bonds is 2. The summed E-state index contributed by atoms with van der Waals surface area (Å²) in [5, 5.41) is 0.942. The van der Waals surface area contributed by atoms with Crippen LogP contribution in [0.15, 0.2) is 53.0 Å². The van der Waals surface area contributed by atoms with Gasteiger partial charge in [0.25, 0.3) is 0 Å². The Hall–Kier alpha value is -2.07. The smallest absolute Gasteiger partial charge is 0.212 e. The summed E-state index contributed by atoms with van der Waals surface area (Å²) in [5.41, 5.74) is 2.09. The maximum Gasteiger partial charge on any atom is 0.212 e. The highest BCUT2D eigenvalue weighted by atomic mass is 79.9. The Balaban J connectivity index is 2.17. The first-order valence-corrected chi connectivity index (χ1v) is 7.22. The second kappa shape index (κ2) is 5.37. The Labute approximate surface area is 129 Å². The summed E-state index contributed by atoms with van der Waals surface area (Å²) in [4.78, 5) is 17.0. The number of fused-ring (bicyclic) bond motifs is 1. The Morgan fingerprint density at radius 1 is 1.14 bits per heavy atom. The van der Waals surface area contributed by atoms with Crippen molar-refractivity contribution in [3.8, 4) is 0 Å². The number of carbonyl (C=O) groups excluding carboxylic acids is 1. The van der Waals surface area contributed by atoms with Gasteiger partial charge in [-0.05, 0) is 52.7 Å². The molecule has 0 radical (unpaired) electrons. The van der Waals surface area contributed by atoms with E-state index in [-0.39, 0.29) is 5.78 Å². The molecule has 0 aliphatic heterocycles. The lowest BCUT2D eigenvalue weighted by Gasteiger charge is -2.08. The van der Waals surface area contributed by atoms with Gasteiger partial charge in [0.2, 0.25) is 5.78 Å². The maximum atomic E-state index is 13.4. The number of para-hydroxylation sites is 1. The quantitative estimate of drug-likeness (QED) is 0.632. The molecule has 0 atom stereocenters. The van der Waals surface area contributed by atoms with Crippen LogP contribution in [-0.4, -0.2) is 10.8 Å². The van der Waals surface area contributed by atoms with E-state index in [0.29, 0.717) is 15.7 Å². The third-order valence-electron chi connectivity index (χ3n) is 3.34. The van der Waals surface area contributed by atoms with Gasteiger partial charge in [0.15, 0.2) is 0 Å². The van der Waals surface area contributed by atoms with Crippen molar-refractivity contribution in [3.05, 3.63) is 75.6 Å². The molecule has 1 aromatic heterocycles. The van der Waals surface area contributed by atoms with Crippen LogP contribution in [0.5, 0.6) is 0 Å². The van der Waals surface area contributed by atoms with Crippen molar-refractivity contribution in [1.82, 2.24) is 4.98 Å². The van der Waals surface area contributed by atoms with Crippen LogP contribution in [0.25, 0.3) is 10.9 Å². The molecule has 2 aromatic carbocycles. The highest BCUT2D eigenvalue weighted by Gasteiger charge is 2.18. The van der Waals surface area contributed by atoms with Crippen LogP contribution in [0.3, 0.4) is 0 Å². The zero-order valence-corrected chi connectivity index (χ0v) is 12.8. The zero-order chi connectivity index (χ0) is 15.0. The highest BCUT2D eigenvalue weighted by molar-refractivity contribution is 9.10. The molecule has 0 aliphatic rings. The summed E-state index contributed by atoms with van der Waals surface area (Å²) in [6, 6.07) is 13.6. The minimum atomic E-state index is -0.430. The summed E-state index contributed by atoms with van der Waals surface area (Å²) in [7, 11) is 0. The second-order valence-electron chi connectivity index (χ2n) is 4.80. The lowest BCUT2D eigenvalue weighted by molar-refractivity contribution is 0.103. The molecule has 0 aliphatic carbocycles. The summed E-state index contributed by atoms with van der Waals surface area (Å²) in [5.74, 6) is -0.717. The van der Waals surface area contributed by atoms with Crippen molar-refractivity contribution in [2.45, 2.75) is 6.92 Å². The van der Waals surface area contributed by atoms with E-state index in [9.17, 15) is 9.18 Å². The summed E-state index contributed by atoms with van der Waals surface area (Å²) in [6.07, 6.45) is 0. The third kappa shape index (κ3) is 2.59. The third-order valence-corrected chi connectivity index (χ3v) is 3.94. The zero-order valence-electron chi connectivity index (χ0n) is 11.2. The molecule has 0 unspecified atom stereocenters. The van der Waals surface area contributed by atoms with E-state index in [4.69, 9.17) is 0 Å². The Morgan fingerprint density at radius 2 is 1.90 bits per heavy atom. The summed E-state index contributed by atoms with van der Waals surface area (Å²) < 4.78 is 14.0. The normalized spacial score (nSPS) is 10.8. The fraction of sp³-hybridized carbons (Fsp3) is 0.0588. The molecule has 3 aromatic rings. The van der Waals surface area contributed by atoms with Crippen molar-refractivity contribution in [3.63, 3.8) is 0 Å². The number of aryl methyl sites for hydroxylation is 1. The maximum absolute atomic E-state index is 13.4. The van der Waals surface area contributed by atoms with Gasteiger partial charge in [-0.3, -0.25) is 4.79 Å². The molecular weight excluding hydrogens is 333 g/mol. The molecule has 2 nitrogen and oxygen atoms in total. The monoisotopic (exact) mass is 343 g/mol. The molecule has 0 spiro atoms. The molecule has 21 heavy (non-hydrogen) atoms. The van der Waals surface area contributed by atoms with Gasteiger partial charge in [-0.25, -0.2) is 9.37 Å². The number of aromatic nitrogens is 1. The molecule has 1 heterocycles. The Morgan fingerprint density at radius 3 is 2.71 bits per heavy atom. The van der Waals surface area contributed by atoms with Crippen LogP contribution in [-0.2, 0) is 0 Å². The molecule has 0 bridgehead atoms. The largest absolute Gasteiger partial charge is 0.287 e. The van der Waals surface area contributed by atoms with Crippen molar-refractivity contribution in [1.29, 1.82) is 0 Å². The minimum Gasteiger partial charge on any atom is -0.287 e. The van der Waals surface area contributed by atoms with E-state index >= 15 is 0 Å². The van der Waals surface area contributed by atoms with Gasteiger partial charge in [-0.15, -0.1) is 0 Å². The minimum absolute atomic E-state index is 0.287.